The molecule has 0 saturated heterocycles. The Morgan fingerprint density at radius 3 is 2.50 bits per heavy atom. The van der Waals surface area contributed by atoms with Gasteiger partial charge >= 0.3 is 0 Å². The molecule has 0 aromatic heterocycles. The van der Waals surface area contributed by atoms with Crippen LogP contribution < -0.4 is 5.43 Å². The normalized spacial score (nSPS) is 11.1. The van der Waals surface area contributed by atoms with Crippen molar-refractivity contribution in [2.45, 2.75) is 6.92 Å². The van der Waals surface area contributed by atoms with Gasteiger partial charge in [0.05, 0.1) is 0 Å². The Morgan fingerprint density at radius 2 is 1.68 bits per heavy atom. The lowest BCUT2D eigenvalue weighted by molar-refractivity contribution is 0.619. The molecule has 106 valence electrons. The molecule has 0 fully saturated rings. The van der Waals surface area contributed by atoms with Crippen LogP contribution in [0.5, 0.6) is 0 Å². The van der Waals surface area contributed by atoms with Gasteiger partial charge in [0.2, 0.25) is 0 Å². The summed E-state index contributed by atoms with van der Waals surface area (Å²) in [7, 11) is 0. The fourth-order valence-corrected chi connectivity index (χ4v) is 2.89. The minimum Gasteiger partial charge on any atom is -0.456 e. The molecule has 0 amide bonds. The van der Waals surface area contributed by atoms with E-state index in [1.54, 1.807) is 12.1 Å². The van der Waals surface area contributed by atoms with E-state index < -0.39 is 0 Å². The summed E-state index contributed by atoms with van der Waals surface area (Å²) >= 11 is 0. The molecule has 2 nitrogen and oxygen atoms in total. The summed E-state index contributed by atoms with van der Waals surface area (Å²) in [6, 6.07) is 21.4. The van der Waals surface area contributed by atoms with Gasteiger partial charge in [0, 0.05) is 22.6 Å². The Bertz CT molecular complexity index is 997. The van der Waals surface area contributed by atoms with Crippen LogP contribution in [0.15, 0.2) is 75.9 Å². The molecule has 0 radical (unpaired) electrons. The molecular formula is C20H14O2. The molecule has 2 heteroatoms. The third-order valence-electron chi connectivity index (χ3n) is 3.91. The van der Waals surface area contributed by atoms with Gasteiger partial charge in [-0.15, -0.1) is 0 Å². The predicted octanol–water partition coefficient (Wildman–Crippen LogP) is 4.87. The van der Waals surface area contributed by atoms with Gasteiger partial charge in [-0.25, -0.2) is 0 Å². The molecule has 0 N–H and O–H groups in total. The molecule has 1 aliphatic carbocycles. The maximum Gasteiger partial charge on any atom is 0.182 e. The summed E-state index contributed by atoms with van der Waals surface area (Å²) in [6.45, 7) is 2.03. The largest absolute Gasteiger partial charge is 0.456 e. The molecule has 4 rings (SSSR count). The highest BCUT2D eigenvalue weighted by atomic mass is 16.3. The second-order valence-corrected chi connectivity index (χ2v) is 5.50. The van der Waals surface area contributed by atoms with Crippen molar-refractivity contribution in [3.05, 3.63) is 82.5 Å². The molecule has 2 aromatic rings. The average molecular weight is 286 g/mol. The van der Waals surface area contributed by atoms with Crippen LogP contribution in [0, 0.1) is 6.92 Å². The molecule has 0 saturated carbocycles. The fraction of sp³-hybridized carbons (Fsp3) is 0.0500. The first-order valence-electron chi connectivity index (χ1n) is 7.25. The third-order valence-corrected chi connectivity index (χ3v) is 3.91. The Kier molecular flexibility index (Phi) is 2.83. The number of hydrogen-bond acceptors (Lipinski definition) is 2. The molecule has 1 aliphatic heterocycles. The summed E-state index contributed by atoms with van der Waals surface area (Å²) in [4.78, 5) is 11.7. The Labute approximate surface area is 128 Å². The van der Waals surface area contributed by atoms with Crippen LogP contribution in [0.1, 0.15) is 5.56 Å². The molecule has 0 spiro atoms. The van der Waals surface area contributed by atoms with Gasteiger partial charge in [0.15, 0.2) is 5.43 Å². The van der Waals surface area contributed by atoms with Gasteiger partial charge in [0.1, 0.15) is 11.3 Å². The highest BCUT2D eigenvalue weighted by molar-refractivity contribution is 6.01. The highest BCUT2D eigenvalue weighted by Crippen LogP contribution is 2.39. The zero-order valence-electron chi connectivity index (χ0n) is 12.2. The van der Waals surface area contributed by atoms with Gasteiger partial charge in [-0.05, 0) is 36.2 Å². The van der Waals surface area contributed by atoms with Crippen molar-refractivity contribution in [3.8, 4) is 22.5 Å². The highest BCUT2D eigenvalue weighted by Gasteiger charge is 2.16. The maximum absolute atomic E-state index is 11.7. The van der Waals surface area contributed by atoms with E-state index >= 15 is 0 Å². The van der Waals surface area contributed by atoms with E-state index in [1.807, 2.05) is 37.3 Å². The molecular weight excluding hydrogens is 272 g/mol. The van der Waals surface area contributed by atoms with E-state index in [1.165, 1.54) is 0 Å². The lowest BCUT2D eigenvalue weighted by Crippen LogP contribution is -1.99. The van der Waals surface area contributed by atoms with Crippen molar-refractivity contribution >= 4 is 11.0 Å². The van der Waals surface area contributed by atoms with Crippen LogP contribution >= 0.6 is 0 Å². The number of aryl methyl sites for hydroxylation is 1. The van der Waals surface area contributed by atoms with Crippen molar-refractivity contribution in [2.24, 2.45) is 0 Å². The van der Waals surface area contributed by atoms with Gasteiger partial charge < -0.3 is 4.42 Å². The molecule has 2 aromatic carbocycles. The fourth-order valence-electron chi connectivity index (χ4n) is 2.89. The monoisotopic (exact) mass is 286 g/mol. The van der Waals surface area contributed by atoms with Crippen molar-refractivity contribution in [1.82, 2.24) is 0 Å². The number of rotatable bonds is 1. The van der Waals surface area contributed by atoms with Crippen LogP contribution in [0.25, 0.3) is 33.4 Å². The summed E-state index contributed by atoms with van der Waals surface area (Å²) in [5.74, 6) is 0.629. The zero-order valence-corrected chi connectivity index (χ0v) is 12.2. The smallest absolute Gasteiger partial charge is 0.182 e. The van der Waals surface area contributed by atoms with Crippen LogP contribution in [-0.2, 0) is 0 Å². The SMILES string of the molecule is Cc1ccc2c(-c3ccccc3)c3ccc(=O)cc-3oc2c1. The maximum atomic E-state index is 11.7. The minimum atomic E-state index is -0.0396. The lowest BCUT2D eigenvalue weighted by Gasteiger charge is -2.15. The number of fused-ring (bicyclic) bond motifs is 2. The second kappa shape index (κ2) is 4.85. The summed E-state index contributed by atoms with van der Waals surface area (Å²) in [5.41, 5.74) is 5.09. The summed E-state index contributed by atoms with van der Waals surface area (Å²) in [5, 5.41) is 1.06. The van der Waals surface area contributed by atoms with Crippen LogP contribution in [-0.4, -0.2) is 0 Å². The Morgan fingerprint density at radius 1 is 0.864 bits per heavy atom. The van der Waals surface area contributed by atoms with E-state index in [4.69, 9.17) is 4.42 Å². The van der Waals surface area contributed by atoms with E-state index in [0.29, 0.717) is 5.76 Å². The van der Waals surface area contributed by atoms with Crippen LogP contribution in [0.3, 0.4) is 0 Å². The number of benzene rings is 3. The summed E-state index contributed by atoms with van der Waals surface area (Å²) < 4.78 is 5.97. The van der Waals surface area contributed by atoms with Gasteiger partial charge in [-0.2, -0.15) is 0 Å². The van der Waals surface area contributed by atoms with Gasteiger partial charge in [-0.3, -0.25) is 4.79 Å². The van der Waals surface area contributed by atoms with Gasteiger partial charge in [-0.1, -0.05) is 42.5 Å². The van der Waals surface area contributed by atoms with Crippen LogP contribution in [0.2, 0.25) is 0 Å². The first kappa shape index (κ1) is 12.8. The molecule has 22 heavy (non-hydrogen) atoms. The molecule has 1 heterocycles. The van der Waals surface area contributed by atoms with Crippen LogP contribution in [0.4, 0.5) is 0 Å². The van der Waals surface area contributed by atoms with Crippen molar-refractivity contribution < 1.29 is 4.42 Å². The van der Waals surface area contributed by atoms with Crippen molar-refractivity contribution in [3.63, 3.8) is 0 Å². The van der Waals surface area contributed by atoms with E-state index in [9.17, 15) is 4.79 Å². The second-order valence-electron chi connectivity index (χ2n) is 5.50. The van der Waals surface area contributed by atoms with Crippen molar-refractivity contribution in [2.75, 3.05) is 0 Å². The Hall–Kier alpha value is -2.87. The third kappa shape index (κ3) is 2.01. The molecule has 2 aliphatic rings. The van der Waals surface area contributed by atoms with Crippen molar-refractivity contribution in [1.29, 1.82) is 0 Å². The first-order chi connectivity index (χ1) is 10.7. The molecule has 0 atom stereocenters. The van der Waals surface area contributed by atoms with E-state index in [0.717, 1.165) is 33.2 Å². The van der Waals surface area contributed by atoms with Gasteiger partial charge in [0.25, 0.3) is 0 Å². The lowest BCUT2D eigenvalue weighted by atomic mass is 9.93. The predicted molar refractivity (Wildman–Crippen MR) is 89.3 cm³/mol. The zero-order chi connectivity index (χ0) is 15.1. The average Bonchev–Trinajstić information content (AvgIpc) is 2.53. The standard InChI is InChI=1S/C20H14O2/c1-13-7-9-16-18(11-13)22-19-12-15(21)8-10-17(19)20(16)14-5-3-2-4-6-14/h2-12H,1H3. The molecule has 0 unspecified atom stereocenters. The first-order valence-corrected chi connectivity index (χ1v) is 7.25. The topological polar surface area (TPSA) is 30.2 Å². The number of hydrogen-bond donors (Lipinski definition) is 0. The quantitative estimate of drug-likeness (QED) is 0.467. The van der Waals surface area contributed by atoms with E-state index in [-0.39, 0.29) is 5.43 Å². The summed E-state index contributed by atoms with van der Waals surface area (Å²) in [6.07, 6.45) is 0. The minimum absolute atomic E-state index is 0.0396. The van der Waals surface area contributed by atoms with E-state index in [2.05, 4.69) is 24.3 Å². The Balaban J connectivity index is 2.21. The molecule has 0 bridgehead atoms.